The Balaban J connectivity index is 2.54. The predicted octanol–water partition coefficient (Wildman–Crippen LogP) is 2.35. The van der Waals surface area contributed by atoms with Gasteiger partial charge in [0, 0.05) is 11.1 Å². The molecule has 0 heterocycles. The van der Waals surface area contributed by atoms with Crippen molar-refractivity contribution in [1.82, 2.24) is 5.32 Å². The molecule has 7 heteroatoms. The van der Waals surface area contributed by atoms with E-state index in [4.69, 9.17) is 33.0 Å². The van der Waals surface area contributed by atoms with Gasteiger partial charge < -0.3 is 15.2 Å². The number of aliphatic carboxylic acids is 1. The number of ether oxygens (including phenoxy) is 1. The molecule has 1 unspecified atom stereocenters. The van der Waals surface area contributed by atoms with E-state index in [0.29, 0.717) is 16.5 Å². The molecule has 0 spiro atoms. The Morgan fingerprint density at radius 3 is 2.68 bits per heavy atom. The van der Waals surface area contributed by atoms with Gasteiger partial charge in [0.05, 0.1) is 5.02 Å². The zero-order valence-electron chi connectivity index (χ0n) is 10.2. The summed E-state index contributed by atoms with van der Waals surface area (Å²) in [6, 6.07) is 3.69. The first-order chi connectivity index (χ1) is 8.93. The Bertz CT molecular complexity index is 479. The molecule has 1 aromatic carbocycles. The summed E-state index contributed by atoms with van der Waals surface area (Å²) in [4.78, 5) is 22.3. The minimum Gasteiger partial charge on any atom is -0.482 e. The van der Waals surface area contributed by atoms with Crippen LogP contribution in [0.2, 0.25) is 10.0 Å². The Morgan fingerprint density at radius 1 is 1.42 bits per heavy atom. The number of halogens is 2. The quantitative estimate of drug-likeness (QED) is 0.846. The van der Waals surface area contributed by atoms with Crippen molar-refractivity contribution >= 4 is 35.1 Å². The molecule has 0 aliphatic heterocycles. The van der Waals surface area contributed by atoms with Crippen molar-refractivity contribution in [1.29, 1.82) is 0 Å². The summed E-state index contributed by atoms with van der Waals surface area (Å²) in [5.41, 5.74) is 0. The van der Waals surface area contributed by atoms with E-state index in [0.717, 1.165) is 0 Å². The first-order valence-electron chi connectivity index (χ1n) is 5.54. The molecule has 0 saturated carbocycles. The van der Waals surface area contributed by atoms with Crippen LogP contribution in [0.15, 0.2) is 18.2 Å². The van der Waals surface area contributed by atoms with E-state index in [-0.39, 0.29) is 12.4 Å². The van der Waals surface area contributed by atoms with E-state index >= 15 is 0 Å². The van der Waals surface area contributed by atoms with Crippen LogP contribution in [-0.4, -0.2) is 29.6 Å². The highest BCUT2D eigenvalue weighted by Crippen LogP contribution is 2.27. The van der Waals surface area contributed by atoms with Crippen molar-refractivity contribution in [3.05, 3.63) is 28.2 Å². The van der Waals surface area contributed by atoms with Crippen LogP contribution in [0.5, 0.6) is 5.75 Å². The highest BCUT2D eigenvalue weighted by Gasteiger charge is 2.17. The number of carboxylic acids is 1. The molecule has 0 aliphatic carbocycles. The van der Waals surface area contributed by atoms with Crippen LogP contribution in [0.3, 0.4) is 0 Å². The third-order valence-corrected chi connectivity index (χ3v) is 2.84. The van der Waals surface area contributed by atoms with Crippen LogP contribution in [-0.2, 0) is 9.59 Å². The molecule has 1 rings (SSSR count). The lowest BCUT2D eigenvalue weighted by molar-refractivity contribution is -0.142. The topological polar surface area (TPSA) is 75.6 Å². The predicted molar refractivity (Wildman–Crippen MR) is 71.8 cm³/mol. The van der Waals surface area contributed by atoms with Gasteiger partial charge in [0.2, 0.25) is 0 Å². The van der Waals surface area contributed by atoms with Crippen molar-refractivity contribution in [2.75, 3.05) is 6.61 Å². The number of carboxylic acid groups (broad SMARTS) is 1. The van der Waals surface area contributed by atoms with Gasteiger partial charge in [-0.3, -0.25) is 4.79 Å². The van der Waals surface area contributed by atoms with E-state index in [9.17, 15) is 9.59 Å². The van der Waals surface area contributed by atoms with Gasteiger partial charge in [0.15, 0.2) is 6.61 Å². The molecular formula is C12H13Cl2NO4. The van der Waals surface area contributed by atoms with E-state index in [1.54, 1.807) is 19.1 Å². The zero-order valence-corrected chi connectivity index (χ0v) is 11.7. The maximum Gasteiger partial charge on any atom is 0.326 e. The summed E-state index contributed by atoms with van der Waals surface area (Å²) in [5, 5.41) is 11.9. The molecule has 0 aliphatic rings. The Kier molecular flexibility index (Phi) is 5.92. The molecular weight excluding hydrogens is 293 g/mol. The Hall–Kier alpha value is -1.46. The molecule has 5 nitrogen and oxygen atoms in total. The molecule has 104 valence electrons. The van der Waals surface area contributed by atoms with E-state index < -0.39 is 17.9 Å². The van der Waals surface area contributed by atoms with Gasteiger partial charge >= 0.3 is 5.97 Å². The fraction of sp³-hybridized carbons (Fsp3) is 0.333. The van der Waals surface area contributed by atoms with Crippen LogP contribution < -0.4 is 10.1 Å². The fourth-order valence-electron chi connectivity index (χ4n) is 1.31. The maximum absolute atomic E-state index is 11.5. The highest BCUT2D eigenvalue weighted by molar-refractivity contribution is 6.34. The standard InChI is InChI=1S/C12H13Cl2NO4/c1-2-9(12(17)18)15-11(16)6-19-10-5-7(13)3-4-8(10)14/h3-5,9H,2,6H2,1H3,(H,15,16)(H,17,18). The Labute approximate surface area is 120 Å². The monoisotopic (exact) mass is 305 g/mol. The highest BCUT2D eigenvalue weighted by atomic mass is 35.5. The summed E-state index contributed by atoms with van der Waals surface area (Å²) >= 11 is 11.6. The summed E-state index contributed by atoms with van der Waals surface area (Å²) in [6.07, 6.45) is 0.291. The number of hydrogen-bond donors (Lipinski definition) is 2. The molecule has 0 radical (unpaired) electrons. The van der Waals surface area contributed by atoms with Crippen LogP contribution in [0.25, 0.3) is 0 Å². The summed E-state index contributed by atoms with van der Waals surface area (Å²) in [5.74, 6) is -1.35. The lowest BCUT2D eigenvalue weighted by atomic mass is 10.2. The second-order valence-corrected chi connectivity index (χ2v) is 4.57. The summed E-state index contributed by atoms with van der Waals surface area (Å²) < 4.78 is 5.18. The minimum atomic E-state index is -1.09. The van der Waals surface area contributed by atoms with Gasteiger partial charge in [-0.2, -0.15) is 0 Å². The lowest BCUT2D eigenvalue weighted by Gasteiger charge is -2.13. The van der Waals surface area contributed by atoms with Crippen LogP contribution >= 0.6 is 23.2 Å². The molecule has 1 aromatic rings. The first kappa shape index (κ1) is 15.6. The molecule has 0 saturated heterocycles. The van der Waals surface area contributed by atoms with Gasteiger partial charge in [-0.05, 0) is 18.6 Å². The average Bonchev–Trinajstić information content (AvgIpc) is 2.36. The SMILES string of the molecule is CCC(NC(=O)COc1cc(Cl)ccc1Cl)C(=O)O. The average molecular weight is 306 g/mol. The molecule has 1 amide bonds. The van der Waals surface area contributed by atoms with E-state index in [1.165, 1.54) is 6.07 Å². The van der Waals surface area contributed by atoms with Gasteiger partial charge in [0.1, 0.15) is 11.8 Å². The van der Waals surface area contributed by atoms with Gasteiger partial charge in [-0.1, -0.05) is 30.1 Å². The number of amides is 1. The number of nitrogens with one attached hydrogen (secondary N) is 1. The number of carbonyl (C=O) groups is 2. The molecule has 0 aromatic heterocycles. The second-order valence-electron chi connectivity index (χ2n) is 3.73. The summed E-state index contributed by atoms with van der Waals surface area (Å²) in [7, 11) is 0. The van der Waals surface area contributed by atoms with Crippen molar-refractivity contribution in [3.8, 4) is 5.75 Å². The van der Waals surface area contributed by atoms with Gasteiger partial charge in [-0.15, -0.1) is 0 Å². The largest absolute Gasteiger partial charge is 0.482 e. The fourth-order valence-corrected chi connectivity index (χ4v) is 1.64. The van der Waals surface area contributed by atoms with Gasteiger partial charge in [-0.25, -0.2) is 4.79 Å². The van der Waals surface area contributed by atoms with E-state index in [2.05, 4.69) is 5.32 Å². The van der Waals surface area contributed by atoms with E-state index in [1.807, 2.05) is 0 Å². The first-order valence-corrected chi connectivity index (χ1v) is 6.29. The third-order valence-electron chi connectivity index (χ3n) is 2.29. The van der Waals surface area contributed by atoms with Crippen molar-refractivity contribution in [2.45, 2.75) is 19.4 Å². The molecule has 2 N–H and O–H groups in total. The van der Waals surface area contributed by atoms with Crippen LogP contribution in [0.1, 0.15) is 13.3 Å². The lowest BCUT2D eigenvalue weighted by Crippen LogP contribution is -2.42. The third kappa shape index (κ3) is 4.96. The van der Waals surface area contributed by atoms with Crippen molar-refractivity contribution < 1.29 is 19.4 Å². The number of carbonyl (C=O) groups excluding carboxylic acids is 1. The molecule has 19 heavy (non-hydrogen) atoms. The Morgan fingerprint density at radius 2 is 2.11 bits per heavy atom. The normalized spacial score (nSPS) is 11.7. The molecule has 1 atom stereocenters. The number of benzene rings is 1. The van der Waals surface area contributed by atoms with Crippen LogP contribution in [0.4, 0.5) is 0 Å². The van der Waals surface area contributed by atoms with Crippen LogP contribution in [0, 0.1) is 0 Å². The number of hydrogen-bond acceptors (Lipinski definition) is 3. The van der Waals surface area contributed by atoms with Crippen molar-refractivity contribution in [2.24, 2.45) is 0 Å². The molecule has 0 fully saturated rings. The molecule has 0 bridgehead atoms. The summed E-state index contributed by atoms with van der Waals surface area (Å²) in [6.45, 7) is 1.33. The smallest absolute Gasteiger partial charge is 0.326 e. The number of rotatable bonds is 6. The second kappa shape index (κ2) is 7.21. The zero-order chi connectivity index (χ0) is 14.4. The van der Waals surface area contributed by atoms with Gasteiger partial charge in [0.25, 0.3) is 5.91 Å². The van der Waals surface area contributed by atoms with Crippen molar-refractivity contribution in [3.63, 3.8) is 0 Å². The maximum atomic E-state index is 11.5. The minimum absolute atomic E-state index is 0.271.